The number of nitrogens with zero attached hydrogens (tertiary/aromatic N) is 2. The van der Waals surface area contributed by atoms with Crippen LogP contribution in [0, 0.1) is 0 Å². The van der Waals surface area contributed by atoms with Crippen LogP contribution >= 0.6 is 0 Å². The van der Waals surface area contributed by atoms with E-state index < -0.39 is 25.1 Å². The van der Waals surface area contributed by atoms with Gasteiger partial charge < -0.3 is 25.0 Å². The number of nitrogens with one attached hydrogen (secondary N) is 2. The maximum Gasteiger partial charge on any atom is 0.342 e. The Morgan fingerprint density at radius 3 is 2.74 bits per heavy atom. The summed E-state index contributed by atoms with van der Waals surface area (Å²) in [6, 6.07) is 6.70. The predicted molar refractivity (Wildman–Crippen MR) is 150 cm³/mol. The van der Waals surface area contributed by atoms with Crippen molar-refractivity contribution in [2.24, 2.45) is 4.99 Å². The van der Waals surface area contributed by atoms with Gasteiger partial charge in [0.15, 0.2) is 5.60 Å². The number of H-pyrrole nitrogens is 1. The zero-order valence-corrected chi connectivity index (χ0v) is 23.5. The Morgan fingerprint density at radius 1 is 1.26 bits per heavy atom. The summed E-state index contributed by atoms with van der Waals surface area (Å²) in [6.07, 6.45) is 6.85. The Kier molecular flexibility index (Phi) is 6.22. The average Bonchev–Trinajstić information content (AvgIpc) is 3.20. The molecule has 38 heavy (non-hydrogen) atoms. The van der Waals surface area contributed by atoms with Gasteiger partial charge in [-0.1, -0.05) is 26.1 Å². The van der Waals surface area contributed by atoms with Crippen LogP contribution in [0.15, 0.2) is 45.3 Å². The van der Waals surface area contributed by atoms with Crippen molar-refractivity contribution in [2.45, 2.75) is 49.9 Å². The Bertz CT molecular complexity index is 1500. The summed E-state index contributed by atoms with van der Waals surface area (Å²) in [5, 5.41) is 15.7. The minimum absolute atomic E-state index is 0.0520. The molecule has 3 heterocycles. The molecule has 0 saturated carbocycles. The summed E-state index contributed by atoms with van der Waals surface area (Å²) in [6.45, 7) is 6.24. The van der Waals surface area contributed by atoms with E-state index in [1.807, 2.05) is 24.3 Å². The highest BCUT2D eigenvalue weighted by Gasteiger charge is 2.59. The number of aromatic nitrogens is 1. The molecule has 3 N–H and O–H groups in total. The molecule has 1 spiro atoms. The largest absolute Gasteiger partial charge is 0.462 e. The van der Waals surface area contributed by atoms with Gasteiger partial charge in [0.05, 0.1) is 13.5 Å². The van der Waals surface area contributed by atoms with Crippen molar-refractivity contribution in [1.29, 1.82) is 0 Å². The molecule has 1 saturated heterocycles. The van der Waals surface area contributed by atoms with E-state index in [9.17, 15) is 19.5 Å². The van der Waals surface area contributed by atoms with Crippen LogP contribution in [0.25, 0.3) is 16.8 Å². The third-order valence-corrected chi connectivity index (χ3v) is 10.9. The number of aliphatic imine (C=N–C) groups is 1. The second kappa shape index (κ2) is 9.06. The zero-order valence-electron chi connectivity index (χ0n) is 22.5. The van der Waals surface area contributed by atoms with Gasteiger partial charge in [-0.05, 0) is 59.2 Å². The number of ether oxygens (including phenoxy) is 1. The molecule has 1 aliphatic carbocycles. The molecule has 10 heteroatoms. The van der Waals surface area contributed by atoms with E-state index in [2.05, 4.69) is 28.4 Å². The van der Waals surface area contributed by atoms with Crippen LogP contribution in [0.5, 0.6) is 0 Å². The number of amides is 2. The van der Waals surface area contributed by atoms with Crippen LogP contribution in [0.3, 0.4) is 0 Å². The van der Waals surface area contributed by atoms with Crippen molar-refractivity contribution in [2.75, 3.05) is 26.9 Å². The number of carbonyl (C=O) groups excluding carboxylic acids is 2. The van der Waals surface area contributed by atoms with Crippen LogP contribution in [-0.4, -0.2) is 73.8 Å². The molecule has 2 atom stereocenters. The number of benzene rings is 1. The number of cyclic esters (lactones) is 1. The first kappa shape index (κ1) is 26.1. The van der Waals surface area contributed by atoms with Crippen molar-refractivity contribution in [3.8, 4) is 0 Å². The quantitative estimate of drug-likeness (QED) is 0.388. The minimum Gasteiger partial charge on any atom is -0.462 e. The molecule has 9 nitrogen and oxygen atoms in total. The SMILES string of the molecule is CC[C@@]1(O)C(=O)OCC23C(=Cc4cc5cc(CC[Si](C)(C)CNC(=O)N(C)C)[nH]c(=O)c5cc42)C=NC=C31. The normalized spacial score (nSPS) is 23.7. The molecule has 1 aromatic carbocycles. The molecule has 1 unspecified atom stereocenters. The van der Waals surface area contributed by atoms with Gasteiger partial charge in [0, 0.05) is 49.3 Å². The summed E-state index contributed by atoms with van der Waals surface area (Å²) in [4.78, 5) is 46.7. The van der Waals surface area contributed by atoms with Crippen LogP contribution in [-0.2, 0) is 21.4 Å². The number of hydrogen-bond acceptors (Lipinski definition) is 6. The maximum atomic E-state index is 13.3. The van der Waals surface area contributed by atoms with Crippen molar-refractivity contribution >= 4 is 43.1 Å². The fourth-order valence-corrected chi connectivity index (χ4v) is 7.43. The topological polar surface area (TPSA) is 124 Å². The van der Waals surface area contributed by atoms with Crippen molar-refractivity contribution < 1.29 is 19.4 Å². The van der Waals surface area contributed by atoms with E-state index in [-0.39, 0.29) is 24.6 Å². The van der Waals surface area contributed by atoms with E-state index in [0.717, 1.165) is 33.8 Å². The van der Waals surface area contributed by atoms with E-state index in [1.54, 1.807) is 33.4 Å². The predicted octanol–water partition coefficient (Wildman–Crippen LogP) is 2.89. The molecular weight excluding hydrogens is 500 g/mol. The van der Waals surface area contributed by atoms with Crippen molar-refractivity contribution in [1.82, 2.24) is 15.2 Å². The number of pyridine rings is 1. The number of esters is 1. The van der Waals surface area contributed by atoms with Gasteiger partial charge in [0.1, 0.15) is 6.61 Å². The van der Waals surface area contributed by atoms with Crippen LogP contribution in [0.2, 0.25) is 19.1 Å². The van der Waals surface area contributed by atoms with Gasteiger partial charge in [-0.3, -0.25) is 9.79 Å². The molecule has 2 amide bonds. The number of carbonyl (C=O) groups is 2. The van der Waals surface area contributed by atoms with Crippen molar-refractivity contribution in [3.05, 3.63) is 62.7 Å². The van der Waals surface area contributed by atoms with E-state index >= 15 is 0 Å². The fourth-order valence-electron chi connectivity index (χ4n) is 5.68. The molecule has 2 aromatic rings. The van der Waals surface area contributed by atoms with E-state index in [0.29, 0.717) is 23.5 Å². The Balaban J connectivity index is 1.47. The molecule has 1 fully saturated rings. The number of hydrogen-bond donors (Lipinski definition) is 3. The summed E-state index contributed by atoms with van der Waals surface area (Å²) in [7, 11) is 1.71. The first-order valence-electron chi connectivity index (χ1n) is 12.9. The standard InChI is InChI=1S/C28H34N4O5Si/c1-6-28(36)23-14-29-13-19-10-18-9-17-11-20(7-8-38(4,5)16-30-26(35)32(2)3)31-24(33)21(17)12-22(18)27(19,23)15-37-25(28)34/h9-14,36H,6-8,15-16H2,1-5H3,(H,30,35)(H,31,33)/t27?,28-/m0/s1. The molecule has 3 aliphatic rings. The minimum atomic E-state index is -1.77. The molecule has 0 radical (unpaired) electrons. The number of aromatic amines is 1. The lowest BCUT2D eigenvalue weighted by Crippen LogP contribution is -2.57. The second-order valence-corrected chi connectivity index (χ2v) is 16.7. The van der Waals surface area contributed by atoms with E-state index in [1.165, 1.54) is 4.90 Å². The summed E-state index contributed by atoms with van der Waals surface area (Å²) >= 11 is 0. The molecule has 1 aromatic heterocycles. The molecule has 2 aliphatic heterocycles. The van der Waals surface area contributed by atoms with Crippen LogP contribution in [0.4, 0.5) is 4.79 Å². The molecule has 200 valence electrons. The van der Waals surface area contributed by atoms with Gasteiger partial charge in [-0.25, -0.2) is 9.59 Å². The van der Waals surface area contributed by atoms with Crippen LogP contribution < -0.4 is 10.9 Å². The first-order valence-corrected chi connectivity index (χ1v) is 16.3. The Hall–Kier alpha value is -3.50. The summed E-state index contributed by atoms with van der Waals surface area (Å²) in [5.41, 5.74) is 1.13. The number of fused-ring (bicyclic) bond motifs is 2. The van der Waals surface area contributed by atoms with Gasteiger partial charge in [0.2, 0.25) is 0 Å². The fraction of sp³-hybridized carbons (Fsp3) is 0.429. The first-order chi connectivity index (χ1) is 17.9. The molecular formula is C28H34N4O5Si. The summed E-state index contributed by atoms with van der Waals surface area (Å²) in [5.74, 6) is -0.669. The third-order valence-electron chi connectivity index (χ3n) is 8.12. The van der Waals surface area contributed by atoms with Crippen molar-refractivity contribution in [3.63, 3.8) is 0 Å². The van der Waals surface area contributed by atoms with Gasteiger partial charge in [0.25, 0.3) is 5.56 Å². The average molecular weight is 535 g/mol. The number of aliphatic hydroxyl groups is 1. The zero-order chi connectivity index (χ0) is 27.5. The lowest BCUT2D eigenvalue weighted by atomic mass is 9.63. The molecule has 5 rings (SSSR count). The van der Waals surface area contributed by atoms with E-state index in [4.69, 9.17) is 4.74 Å². The highest BCUT2D eigenvalue weighted by atomic mass is 28.3. The highest BCUT2D eigenvalue weighted by Crippen LogP contribution is 2.54. The number of rotatable bonds is 6. The molecule has 0 bridgehead atoms. The number of urea groups is 1. The van der Waals surface area contributed by atoms with Gasteiger partial charge in [-0.15, -0.1) is 0 Å². The second-order valence-electron chi connectivity index (χ2n) is 11.5. The van der Waals surface area contributed by atoms with Gasteiger partial charge >= 0.3 is 12.0 Å². The monoisotopic (exact) mass is 534 g/mol. The lowest BCUT2D eigenvalue weighted by Gasteiger charge is -2.46. The lowest BCUT2D eigenvalue weighted by molar-refractivity contribution is -0.169. The highest BCUT2D eigenvalue weighted by molar-refractivity contribution is 6.77. The summed E-state index contributed by atoms with van der Waals surface area (Å²) < 4.78 is 5.55. The Labute approximate surface area is 222 Å². The third kappa shape index (κ3) is 4.02. The van der Waals surface area contributed by atoms with Gasteiger partial charge in [-0.2, -0.15) is 0 Å². The smallest absolute Gasteiger partial charge is 0.342 e. The Morgan fingerprint density at radius 2 is 2.03 bits per heavy atom. The maximum absolute atomic E-state index is 13.3. The number of aryl methyl sites for hydroxylation is 1. The van der Waals surface area contributed by atoms with Crippen LogP contribution in [0.1, 0.15) is 30.2 Å².